The first kappa shape index (κ1) is 14.4. The van der Waals surface area contributed by atoms with E-state index in [1.54, 1.807) is 0 Å². The molecule has 0 amide bonds. The molecule has 1 N–H and O–H groups in total. The van der Waals surface area contributed by atoms with Crippen LogP contribution in [0.3, 0.4) is 0 Å². The number of aryl methyl sites for hydroxylation is 1. The summed E-state index contributed by atoms with van der Waals surface area (Å²) < 4.78 is 36.6. The molecule has 1 nitrogen and oxygen atoms in total. The second-order valence-electron chi connectivity index (χ2n) is 3.99. The average molecular weight is 304 g/mol. The van der Waals surface area contributed by atoms with Crippen LogP contribution in [0.4, 0.5) is 13.2 Å². The topological polar surface area (TPSA) is 20.2 Å². The Morgan fingerprint density at radius 2 is 1.79 bits per heavy atom. The normalized spacial score (nSPS) is 13.5. The molecule has 0 aliphatic heterocycles. The van der Waals surface area contributed by atoms with Crippen LogP contribution in [0.25, 0.3) is 0 Å². The zero-order chi connectivity index (χ0) is 14.0. The molecule has 6 heteroatoms. The van der Waals surface area contributed by atoms with E-state index in [0.717, 1.165) is 10.4 Å². The fourth-order valence-corrected chi connectivity index (χ4v) is 3.14. The Morgan fingerprint density at radius 3 is 2.26 bits per heavy atom. The summed E-state index contributed by atoms with van der Waals surface area (Å²) in [7, 11) is 0. The summed E-state index contributed by atoms with van der Waals surface area (Å²) in [6.07, 6.45) is -0.787. The Morgan fingerprint density at radius 1 is 1.16 bits per heavy atom. The molecular weight excluding hydrogens is 293 g/mol. The predicted octanol–water partition coefficient (Wildman–Crippen LogP) is 4.75. The molecule has 2 rings (SSSR count). The van der Waals surface area contributed by atoms with Gasteiger partial charge in [0, 0.05) is 9.77 Å². The molecule has 0 bridgehead atoms. The van der Waals surface area contributed by atoms with Gasteiger partial charge in [-0.1, -0.05) is 12.1 Å². The first-order chi connectivity index (χ1) is 8.87. The van der Waals surface area contributed by atoms with Crippen LogP contribution < -0.4 is 0 Å². The second-order valence-corrected chi connectivity index (χ2v) is 6.07. The van der Waals surface area contributed by atoms with Crippen molar-refractivity contribution in [3.05, 3.63) is 51.7 Å². The molecule has 0 saturated heterocycles. The molecule has 0 aliphatic carbocycles. The van der Waals surface area contributed by atoms with Crippen LogP contribution in [0.1, 0.15) is 22.1 Å². The van der Waals surface area contributed by atoms with Crippen LogP contribution in [-0.4, -0.2) is 10.6 Å². The van der Waals surface area contributed by atoms with Gasteiger partial charge in [0.2, 0.25) is 0 Å². The molecule has 2 aromatic rings. The van der Waals surface area contributed by atoms with Crippen molar-refractivity contribution in [2.45, 2.75) is 23.4 Å². The first-order valence-electron chi connectivity index (χ1n) is 5.44. The van der Waals surface area contributed by atoms with Crippen molar-refractivity contribution >= 4 is 23.1 Å². The minimum atomic E-state index is -4.29. The highest BCUT2D eigenvalue weighted by Crippen LogP contribution is 2.37. The maximum atomic E-state index is 12.2. The number of thiophene rings is 1. The van der Waals surface area contributed by atoms with Gasteiger partial charge >= 0.3 is 5.51 Å². The molecule has 102 valence electrons. The third-order valence-electron chi connectivity index (χ3n) is 2.58. The van der Waals surface area contributed by atoms with Crippen molar-refractivity contribution in [1.82, 2.24) is 0 Å². The number of rotatable bonds is 3. The molecule has 0 spiro atoms. The van der Waals surface area contributed by atoms with E-state index in [-0.39, 0.29) is 16.7 Å². The lowest BCUT2D eigenvalue weighted by atomic mass is 10.1. The van der Waals surface area contributed by atoms with Crippen LogP contribution in [-0.2, 0) is 0 Å². The summed E-state index contributed by atoms with van der Waals surface area (Å²) in [5.74, 6) is 0. The monoisotopic (exact) mass is 304 g/mol. The Bertz CT molecular complexity index is 546. The van der Waals surface area contributed by atoms with E-state index in [4.69, 9.17) is 0 Å². The van der Waals surface area contributed by atoms with Gasteiger partial charge in [-0.15, -0.1) is 11.3 Å². The largest absolute Gasteiger partial charge is 0.446 e. The first-order valence-corrected chi connectivity index (χ1v) is 7.14. The number of hydrogen-bond acceptors (Lipinski definition) is 3. The van der Waals surface area contributed by atoms with Crippen molar-refractivity contribution < 1.29 is 18.3 Å². The van der Waals surface area contributed by atoms with Gasteiger partial charge in [-0.25, -0.2) is 0 Å². The molecular formula is C13H11F3OS2. The fourth-order valence-electron chi connectivity index (χ4n) is 1.67. The number of hydrogen-bond donors (Lipinski definition) is 1. The van der Waals surface area contributed by atoms with Crippen molar-refractivity contribution in [3.63, 3.8) is 0 Å². The van der Waals surface area contributed by atoms with E-state index in [9.17, 15) is 18.3 Å². The summed E-state index contributed by atoms with van der Waals surface area (Å²) >= 11 is 1.27. The molecule has 1 unspecified atom stereocenters. The van der Waals surface area contributed by atoms with E-state index in [0.29, 0.717) is 5.56 Å². The van der Waals surface area contributed by atoms with E-state index in [1.807, 2.05) is 18.4 Å². The van der Waals surface area contributed by atoms with Crippen molar-refractivity contribution in [2.24, 2.45) is 0 Å². The maximum Gasteiger partial charge on any atom is 0.446 e. The predicted molar refractivity (Wildman–Crippen MR) is 71.5 cm³/mol. The molecule has 1 heterocycles. The van der Waals surface area contributed by atoms with Crippen LogP contribution in [0.5, 0.6) is 0 Å². The van der Waals surface area contributed by atoms with E-state index in [1.165, 1.54) is 35.6 Å². The Balaban J connectivity index is 2.17. The standard InChI is InChI=1S/C13H11F3OS2/c1-8-6-7-18-12(8)11(17)9-2-4-10(5-3-9)19-13(14,15)16/h2-7,11,17H,1H3. The second kappa shape index (κ2) is 5.56. The third-order valence-corrected chi connectivity index (χ3v) is 4.39. The summed E-state index contributed by atoms with van der Waals surface area (Å²) in [4.78, 5) is 0.933. The smallest absolute Gasteiger partial charge is 0.383 e. The van der Waals surface area contributed by atoms with Crippen LogP contribution in [0.2, 0.25) is 0 Å². The van der Waals surface area contributed by atoms with Gasteiger partial charge in [0.15, 0.2) is 0 Å². The molecule has 1 aromatic carbocycles. The van der Waals surface area contributed by atoms with E-state index >= 15 is 0 Å². The van der Waals surface area contributed by atoms with Crippen molar-refractivity contribution in [3.8, 4) is 0 Å². The summed E-state index contributed by atoms with van der Waals surface area (Å²) in [6.45, 7) is 1.89. The summed E-state index contributed by atoms with van der Waals surface area (Å²) in [5, 5.41) is 12.0. The molecule has 0 fully saturated rings. The van der Waals surface area contributed by atoms with Gasteiger partial charge in [-0.2, -0.15) is 13.2 Å². The average Bonchev–Trinajstić information content (AvgIpc) is 2.73. The summed E-state index contributed by atoms with van der Waals surface area (Å²) in [6, 6.07) is 7.70. The van der Waals surface area contributed by atoms with E-state index in [2.05, 4.69) is 0 Å². The summed E-state index contributed by atoms with van der Waals surface area (Å²) in [5.41, 5.74) is -2.71. The molecule has 1 atom stereocenters. The third kappa shape index (κ3) is 3.75. The number of aliphatic hydroxyl groups is 1. The van der Waals surface area contributed by atoms with Crippen molar-refractivity contribution in [2.75, 3.05) is 0 Å². The van der Waals surface area contributed by atoms with Gasteiger partial charge in [0.25, 0.3) is 0 Å². The van der Waals surface area contributed by atoms with Crippen molar-refractivity contribution in [1.29, 1.82) is 0 Å². The lowest BCUT2D eigenvalue weighted by Crippen LogP contribution is -2.00. The zero-order valence-corrected chi connectivity index (χ0v) is 11.6. The van der Waals surface area contributed by atoms with Gasteiger partial charge in [-0.05, 0) is 53.4 Å². The van der Waals surface area contributed by atoms with Crippen LogP contribution in [0, 0.1) is 6.92 Å². The van der Waals surface area contributed by atoms with E-state index < -0.39 is 11.6 Å². The van der Waals surface area contributed by atoms with Gasteiger partial charge in [0.1, 0.15) is 6.10 Å². The number of aliphatic hydroxyl groups excluding tert-OH is 1. The maximum absolute atomic E-state index is 12.2. The molecule has 0 saturated carbocycles. The minimum absolute atomic E-state index is 0.117. The van der Waals surface area contributed by atoms with Crippen LogP contribution in [0.15, 0.2) is 40.6 Å². The molecule has 0 aliphatic rings. The van der Waals surface area contributed by atoms with Gasteiger partial charge in [-0.3, -0.25) is 0 Å². The van der Waals surface area contributed by atoms with Gasteiger partial charge < -0.3 is 5.11 Å². The number of thioether (sulfide) groups is 1. The zero-order valence-electron chi connectivity index (χ0n) is 9.94. The Hall–Kier alpha value is -0.980. The minimum Gasteiger partial charge on any atom is -0.383 e. The number of halogens is 3. The highest BCUT2D eigenvalue weighted by molar-refractivity contribution is 8.00. The number of benzene rings is 1. The Labute approximate surface area is 117 Å². The highest BCUT2D eigenvalue weighted by atomic mass is 32.2. The van der Waals surface area contributed by atoms with Gasteiger partial charge in [0.05, 0.1) is 0 Å². The van der Waals surface area contributed by atoms with Crippen LogP contribution >= 0.6 is 23.1 Å². The molecule has 19 heavy (non-hydrogen) atoms. The highest BCUT2D eigenvalue weighted by Gasteiger charge is 2.29. The molecule has 1 aromatic heterocycles. The number of alkyl halides is 3. The fraction of sp³-hybridized carbons (Fsp3) is 0.231. The lowest BCUT2D eigenvalue weighted by Gasteiger charge is -2.11. The lowest BCUT2D eigenvalue weighted by molar-refractivity contribution is -0.0328. The quantitative estimate of drug-likeness (QED) is 0.826. The molecule has 0 radical (unpaired) electrons. The Kier molecular flexibility index (Phi) is 4.23. The SMILES string of the molecule is Cc1ccsc1C(O)c1ccc(SC(F)(F)F)cc1.